The summed E-state index contributed by atoms with van der Waals surface area (Å²) >= 11 is 1.80. The van der Waals surface area contributed by atoms with Gasteiger partial charge in [-0.1, -0.05) is 18.3 Å². The highest BCUT2D eigenvalue weighted by Gasteiger charge is 2.14. The summed E-state index contributed by atoms with van der Waals surface area (Å²) in [5.74, 6) is 0. The van der Waals surface area contributed by atoms with Crippen molar-refractivity contribution in [1.82, 2.24) is 9.80 Å². The van der Waals surface area contributed by atoms with Crippen LogP contribution >= 0.6 is 11.8 Å². The van der Waals surface area contributed by atoms with Crippen LogP contribution in [0, 0.1) is 0 Å². The lowest BCUT2D eigenvalue weighted by molar-refractivity contribution is 0.286. The molecule has 3 heteroatoms. The van der Waals surface area contributed by atoms with E-state index in [-0.39, 0.29) is 0 Å². The molecular formula is C14H24N2S. The average Bonchev–Trinajstić information content (AvgIpc) is 2.90. The van der Waals surface area contributed by atoms with Crippen LogP contribution < -0.4 is 0 Å². The van der Waals surface area contributed by atoms with E-state index in [1.165, 1.54) is 69.0 Å². The molecule has 0 aromatic heterocycles. The van der Waals surface area contributed by atoms with Crippen LogP contribution in [0.4, 0.5) is 0 Å². The van der Waals surface area contributed by atoms with Crippen molar-refractivity contribution < 1.29 is 0 Å². The lowest BCUT2D eigenvalue weighted by atomic mass is 10.1. The summed E-state index contributed by atoms with van der Waals surface area (Å²) < 4.78 is 0. The van der Waals surface area contributed by atoms with Crippen molar-refractivity contribution in [2.24, 2.45) is 0 Å². The highest BCUT2D eigenvalue weighted by Crippen LogP contribution is 2.26. The van der Waals surface area contributed by atoms with E-state index in [1.54, 1.807) is 11.8 Å². The maximum Gasteiger partial charge on any atom is 0.0677 e. The predicted octanol–water partition coefficient (Wildman–Crippen LogP) is 3.63. The van der Waals surface area contributed by atoms with Crippen molar-refractivity contribution in [3.63, 3.8) is 0 Å². The van der Waals surface area contributed by atoms with E-state index in [1.807, 2.05) is 0 Å². The Morgan fingerprint density at radius 1 is 0.941 bits per heavy atom. The first kappa shape index (κ1) is 12.9. The van der Waals surface area contributed by atoms with Gasteiger partial charge in [0.25, 0.3) is 0 Å². The summed E-state index contributed by atoms with van der Waals surface area (Å²) in [6, 6.07) is 0. The molecule has 0 radical (unpaired) electrons. The van der Waals surface area contributed by atoms with Gasteiger partial charge in [-0.05, 0) is 44.4 Å². The molecule has 17 heavy (non-hydrogen) atoms. The Labute approximate surface area is 110 Å². The fraction of sp³-hybridized carbons (Fsp3) is 0.714. The van der Waals surface area contributed by atoms with Gasteiger partial charge in [-0.15, -0.1) is 0 Å². The Morgan fingerprint density at radius 2 is 1.47 bits per heavy atom. The topological polar surface area (TPSA) is 6.48 Å². The van der Waals surface area contributed by atoms with Crippen LogP contribution in [-0.2, 0) is 0 Å². The van der Waals surface area contributed by atoms with Gasteiger partial charge in [0.2, 0.25) is 0 Å². The van der Waals surface area contributed by atoms with Crippen molar-refractivity contribution in [1.29, 1.82) is 0 Å². The van der Waals surface area contributed by atoms with Gasteiger partial charge >= 0.3 is 0 Å². The molecule has 0 unspecified atom stereocenters. The molecule has 2 fully saturated rings. The number of likely N-dealkylation sites (tertiary alicyclic amines) is 2. The summed E-state index contributed by atoms with van der Waals surface area (Å²) in [7, 11) is 0. The lowest BCUT2D eigenvalue weighted by Gasteiger charge is -2.29. The van der Waals surface area contributed by atoms with Crippen molar-refractivity contribution in [2.45, 2.75) is 39.0 Å². The zero-order valence-electron chi connectivity index (χ0n) is 11.0. The Morgan fingerprint density at radius 3 is 2.12 bits per heavy atom. The second kappa shape index (κ2) is 6.39. The number of piperidine rings is 1. The number of hydrogen-bond donors (Lipinski definition) is 0. The minimum absolute atomic E-state index is 1.20. The molecule has 0 atom stereocenters. The van der Waals surface area contributed by atoms with Gasteiger partial charge in [-0.3, -0.25) is 0 Å². The van der Waals surface area contributed by atoms with Crippen LogP contribution in [-0.4, -0.2) is 36.0 Å². The Balaban J connectivity index is 1.79. The maximum atomic E-state index is 4.18. The second-order valence-corrected chi connectivity index (χ2v) is 5.96. The molecule has 2 aliphatic heterocycles. The van der Waals surface area contributed by atoms with Crippen LogP contribution in [0.15, 0.2) is 22.7 Å². The Bertz CT molecular complexity index is 287. The molecule has 96 valence electrons. The SMILES string of the molecule is C=C(S/C=C(\C)N1CCCCC1)N1CCCC1. The summed E-state index contributed by atoms with van der Waals surface area (Å²) in [5.41, 5.74) is 1.41. The number of allylic oxidation sites excluding steroid dienone is 1. The van der Waals surface area contributed by atoms with Crippen molar-refractivity contribution in [3.05, 3.63) is 22.7 Å². The normalized spacial score (nSPS) is 22.1. The smallest absolute Gasteiger partial charge is 0.0677 e. The molecule has 0 aromatic rings. The van der Waals surface area contributed by atoms with E-state index in [2.05, 4.69) is 28.7 Å². The van der Waals surface area contributed by atoms with Gasteiger partial charge in [0.15, 0.2) is 0 Å². The second-order valence-electron chi connectivity index (χ2n) is 5.01. The van der Waals surface area contributed by atoms with E-state index in [9.17, 15) is 0 Å². The van der Waals surface area contributed by atoms with Gasteiger partial charge in [0.1, 0.15) is 0 Å². The average molecular weight is 252 g/mol. The molecule has 0 bridgehead atoms. The molecule has 0 aromatic carbocycles. The number of nitrogens with zero attached hydrogens (tertiary/aromatic N) is 2. The third-order valence-electron chi connectivity index (χ3n) is 3.68. The largest absolute Gasteiger partial charge is 0.375 e. The first-order valence-electron chi connectivity index (χ1n) is 6.79. The molecule has 2 aliphatic rings. The summed E-state index contributed by atoms with van der Waals surface area (Å²) in [4.78, 5) is 4.92. The molecule has 0 N–H and O–H groups in total. The fourth-order valence-corrected chi connectivity index (χ4v) is 3.30. The molecule has 2 heterocycles. The summed E-state index contributed by atoms with van der Waals surface area (Å²) in [5, 5.41) is 3.50. The minimum Gasteiger partial charge on any atom is -0.375 e. The first-order valence-corrected chi connectivity index (χ1v) is 7.67. The first-order chi connectivity index (χ1) is 8.27. The van der Waals surface area contributed by atoms with Crippen LogP contribution in [0.2, 0.25) is 0 Å². The minimum atomic E-state index is 1.20. The van der Waals surface area contributed by atoms with Gasteiger partial charge in [-0.25, -0.2) is 0 Å². The predicted molar refractivity (Wildman–Crippen MR) is 76.7 cm³/mol. The van der Waals surface area contributed by atoms with Crippen molar-refractivity contribution in [2.75, 3.05) is 26.2 Å². The van der Waals surface area contributed by atoms with E-state index < -0.39 is 0 Å². The maximum absolute atomic E-state index is 4.18. The number of hydrogen-bond acceptors (Lipinski definition) is 3. The molecule has 0 amide bonds. The molecular weight excluding hydrogens is 228 g/mol. The molecule has 2 nitrogen and oxygen atoms in total. The lowest BCUT2D eigenvalue weighted by Crippen LogP contribution is -2.27. The monoisotopic (exact) mass is 252 g/mol. The quantitative estimate of drug-likeness (QED) is 0.754. The molecule has 2 saturated heterocycles. The highest BCUT2D eigenvalue weighted by molar-refractivity contribution is 8.05. The Kier molecular flexibility index (Phi) is 4.84. The molecule has 0 spiro atoms. The van der Waals surface area contributed by atoms with Gasteiger partial charge < -0.3 is 9.80 Å². The number of rotatable bonds is 4. The molecule has 0 saturated carbocycles. The van der Waals surface area contributed by atoms with E-state index in [4.69, 9.17) is 0 Å². The van der Waals surface area contributed by atoms with E-state index in [0.29, 0.717) is 0 Å². The van der Waals surface area contributed by atoms with Crippen LogP contribution in [0.5, 0.6) is 0 Å². The zero-order valence-corrected chi connectivity index (χ0v) is 11.8. The van der Waals surface area contributed by atoms with Crippen LogP contribution in [0.1, 0.15) is 39.0 Å². The van der Waals surface area contributed by atoms with Gasteiger partial charge in [0, 0.05) is 31.9 Å². The van der Waals surface area contributed by atoms with E-state index >= 15 is 0 Å². The van der Waals surface area contributed by atoms with Crippen LogP contribution in [0.25, 0.3) is 0 Å². The summed E-state index contributed by atoms with van der Waals surface area (Å²) in [6.07, 6.45) is 6.76. The van der Waals surface area contributed by atoms with Crippen molar-refractivity contribution in [3.8, 4) is 0 Å². The fourth-order valence-electron chi connectivity index (χ4n) is 2.52. The third kappa shape index (κ3) is 3.70. The van der Waals surface area contributed by atoms with Crippen molar-refractivity contribution >= 4 is 11.8 Å². The highest BCUT2D eigenvalue weighted by atomic mass is 32.2. The van der Waals surface area contributed by atoms with Crippen LogP contribution in [0.3, 0.4) is 0 Å². The number of thioether (sulfide) groups is 1. The van der Waals surface area contributed by atoms with Gasteiger partial charge in [-0.2, -0.15) is 0 Å². The van der Waals surface area contributed by atoms with E-state index in [0.717, 1.165) is 0 Å². The summed E-state index contributed by atoms with van der Waals surface area (Å²) in [6.45, 7) is 11.3. The standard InChI is InChI=1S/C14H24N2S/c1-13(15-8-4-3-5-9-15)12-17-14(2)16-10-6-7-11-16/h12H,2-11H2,1H3/b13-12+. The van der Waals surface area contributed by atoms with Gasteiger partial charge in [0.05, 0.1) is 5.03 Å². The molecule has 0 aliphatic carbocycles. The molecule has 2 rings (SSSR count). The Hall–Kier alpha value is -0.570. The third-order valence-corrected chi connectivity index (χ3v) is 4.67. The zero-order chi connectivity index (χ0) is 12.1.